The topological polar surface area (TPSA) is 98.7 Å². The number of nitrogens with zero attached hydrogens (tertiary/aromatic N) is 4. The maximum Gasteiger partial charge on any atom is 0.224 e. The van der Waals surface area contributed by atoms with Crippen LogP contribution in [0.1, 0.15) is 44.0 Å². The van der Waals surface area contributed by atoms with E-state index in [0.29, 0.717) is 18.8 Å². The molecule has 0 fully saturated rings. The minimum absolute atomic E-state index is 0.0574. The van der Waals surface area contributed by atoms with E-state index in [1.54, 1.807) is 6.20 Å². The van der Waals surface area contributed by atoms with Gasteiger partial charge in [0.2, 0.25) is 5.91 Å². The first-order valence-corrected chi connectivity index (χ1v) is 11.4. The number of carbonyl (C=O) groups is 1. The number of unbranched alkanes of at least 4 members (excludes halogenated alkanes) is 2. The van der Waals surface area contributed by atoms with E-state index in [0.717, 1.165) is 72.1 Å². The van der Waals surface area contributed by atoms with Crippen molar-refractivity contribution in [3.05, 3.63) is 60.0 Å². The highest BCUT2D eigenvalue weighted by Gasteiger charge is 2.17. The van der Waals surface area contributed by atoms with Crippen LogP contribution in [-0.2, 0) is 24.2 Å². The number of pyridine rings is 2. The fourth-order valence-electron chi connectivity index (χ4n) is 4.00. The molecule has 4 aromatic rings. The zero-order valence-electron chi connectivity index (χ0n) is 18.6. The lowest BCUT2D eigenvalue weighted by Crippen LogP contribution is -2.26. The number of benzene rings is 1. The third-order valence-electron chi connectivity index (χ3n) is 5.63. The third kappa shape index (κ3) is 4.88. The molecule has 166 valence electrons. The summed E-state index contributed by atoms with van der Waals surface area (Å²) in [4.78, 5) is 26.1. The maximum absolute atomic E-state index is 12.2. The first-order chi connectivity index (χ1) is 15.7. The zero-order chi connectivity index (χ0) is 22.3. The summed E-state index contributed by atoms with van der Waals surface area (Å²) in [5.41, 5.74) is 10.6. The van der Waals surface area contributed by atoms with Gasteiger partial charge in [-0.05, 0) is 37.0 Å². The van der Waals surface area contributed by atoms with E-state index in [9.17, 15) is 4.79 Å². The van der Waals surface area contributed by atoms with Crippen molar-refractivity contribution in [1.82, 2.24) is 24.8 Å². The molecule has 0 spiro atoms. The van der Waals surface area contributed by atoms with Gasteiger partial charge in [0.25, 0.3) is 0 Å². The molecule has 3 heterocycles. The number of fused-ring (bicyclic) bond motifs is 3. The first kappa shape index (κ1) is 21.7. The van der Waals surface area contributed by atoms with Crippen molar-refractivity contribution < 1.29 is 4.79 Å². The van der Waals surface area contributed by atoms with Gasteiger partial charge >= 0.3 is 0 Å². The Morgan fingerprint density at radius 3 is 2.69 bits per heavy atom. The number of amides is 1. The number of nitrogens with two attached hydrogens (primary N) is 1. The Morgan fingerprint density at radius 1 is 1.03 bits per heavy atom. The van der Waals surface area contributed by atoms with E-state index in [1.165, 1.54) is 0 Å². The number of anilines is 1. The standard InChI is InChI=1S/C25H30N6O/c1-2-3-13-20-30-23-24(22-19(29-25(23)26)12-9-15-28-22)31(20)16-8-7-14-27-21(32)17-18-10-5-4-6-11-18/h4-6,9-12,15H,2-3,7-8,13-14,16-17H2,1H3,(H2,26,29)(H,27,32). The summed E-state index contributed by atoms with van der Waals surface area (Å²) in [7, 11) is 0. The predicted molar refractivity (Wildman–Crippen MR) is 128 cm³/mol. The average Bonchev–Trinajstić information content (AvgIpc) is 3.17. The van der Waals surface area contributed by atoms with Gasteiger partial charge in [-0.15, -0.1) is 0 Å². The second-order valence-electron chi connectivity index (χ2n) is 8.07. The van der Waals surface area contributed by atoms with Crippen LogP contribution in [0.5, 0.6) is 0 Å². The Hall–Kier alpha value is -3.48. The fraction of sp³-hybridized carbons (Fsp3) is 0.360. The zero-order valence-corrected chi connectivity index (χ0v) is 18.6. The summed E-state index contributed by atoms with van der Waals surface area (Å²) in [6.07, 6.45) is 7.07. The first-order valence-electron chi connectivity index (χ1n) is 11.4. The van der Waals surface area contributed by atoms with Crippen molar-refractivity contribution in [2.75, 3.05) is 12.3 Å². The molecule has 1 amide bonds. The highest BCUT2D eigenvalue weighted by Crippen LogP contribution is 2.28. The van der Waals surface area contributed by atoms with Crippen LogP contribution in [-0.4, -0.2) is 32.0 Å². The van der Waals surface area contributed by atoms with Crippen molar-refractivity contribution >= 4 is 33.8 Å². The largest absolute Gasteiger partial charge is 0.382 e. The number of nitrogen functional groups attached to an aromatic ring is 1. The maximum atomic E-state index is 12.2. The van der Waals surface area contributed by atoms with E-state index in [4.69, 9.17) is 10.7 Å². The molecular formula is C25H30N6O. The van der Waals surface area contributed by atoms with Crippen LogP contribution in [0, 0.1) is 0 Å². The number of aryl methyl sites for hydroxylation is 2. The number of aromatic nitrogens is 4. The summed E-state index contributed by atoms with van der Waals surface area (Å²) in [6.45, 7) is 3.64. The molecular weight excluding hydrogens is 400 g/mol. The van der Waals surface area contributed by atoms with Gasteiger partial charge in [-0.2, -0.15) is 0 Å². The molecule has 0 aliphatic carbocycles. The molecule has 0 bridgehead atoms. The molecule has 32 heavy (non-hydrogen) atoms. The van der Waals surface area contributed by atoms with E-state index < -0.39 is 0 Å². The van der Waals surface area contributed by atoms with Crippen LogP contribution in [0.15, 0.2) is 48.7 Å². The second-order valence-corrected chi connectivity index (χ2v) is 8.07. The number of carbonyl (C=O) groups excluding carboxylic acids is 1. The monoisotopic (exact) mass is 430 g/mol. The SMILES string of the molecule is CCCCc1nc2c(N)nc3cccnc3c2n1CCCCNC(=O)Cc1ccccc1. The Bertz CT molecular complexity index is 1200. The van der Waals surface area contributed by atoms with E-state index in [2.05, 4.69) is 26.8 Å². The lowest BCUT2D eigenvalue weighted by atomic mass is 10.1. The quantitative estimate of drug-likeness (QED) is 0.370. The summed E-state index contributed by atoms with van der Waals surface area (Å²) >= 11 is 0. The Morgan fingerprint density at radius 2 is 1.88 bits per heavy atom. The summed E-state index contributed by atoms with van der Waals surface area (Å²) in [5.74, 6) is 1.54. The number of nitrogens with one attached hydrogen (secondary N) is 1. The van der Waals surface area contributed by atoms with Gasteiger partial charge in [-0.3, -0.25) is 9.78 Å². The molecule has 7 nitrogen and oxygen atoms in total. The van der Waals surface area contributed by atoms with Crippen LogP contribution in [0.2, 0.25) is 0 Å². The van der Waals surface area contributed by atoms with E-state index in [-0.39, 0.29) is 5.91 Å². The molecule has 1 aromatic carbocycles. The van der Waals surface area contributed by atoms with E-state index in [1.807, 2.05) is 42.5 Å². The Balaban J connectivity index is 1.45. The lowest BCUT2D eigenvalue weighted by molar-refractivity contribution is -0.120. The smallest absolute Gasteiger partial charge is 0.224 e. The lowest BCUT2D eigenvalue weighted by Gasteiger charge is -2.11. The molecule has 0 radical (unpaired) electrons. The van der Waals surface area contributed by atoms with Crippen LogP contribution >= 0.6 is 0 Å². The summed E-state index contributed by atoms with van der Waals surface area (Å²) in [6, 6.07) is 13.6. The van der Waals surface area contributed by atoms with Gasteiger partial charge in [0.1, 0.15) is 22.4 Å². The molecule has 0 saturated heterocycles. The molecule has 0 saturated carbocycles. The molecule has 0 unspecified atom stereocenters. The third-order valence-corrected chi connectivity index (χ3v) is 5.63. The minimum atomic E-state index is 0.0574. The van der Waals surface area contributed by atoms with Gasteiger partial charge < -0.3 is 15.6 Å². The molecule has 0 aliphatic heterocycles. The van der Waals surface area contributed by atoms with E-state index >= 15 is 0 Å². The van der Waals surface area contributed by atoms with Crippen LogP contribution in [0.4, 0.5) is 5.82 Å². The normalized spacial score (nSPS) is 11.3. The summed E-state index contributed by atoms with van der Waals surface area (Å²) < 4.78 is 2.25. The van der Waals surface area contributed by atoms with Gasteiger partial charge in [0.05, 0.1) is 11.9 Å². The number of hydrogen-bond acceptors (Lipinski definition) is 5. The van der Waals surface area contributed by atoms with Crippen molar-refractivity contribution in [3.8, 4) is 0 Å². The predicted octanol–water partition coefficient (Wildman–Crippen LogP) is 4.04. The van der Waals surface area contributed by atoms with Crippen molar-refractivity contribution in [2.45, 2.75) is 52.0 Å². The Labute approximate surface area is 188 Å². The Kier molecular flexibility index (Phi) is 6.94. The van der Waals surface area contributed by atoms with Gasteiger partial charge in [0, 0.05) is 25.7 Å². The van der Waals surface area contributed by atoms with Crippen molar-refractivity contribution in [1.29, 1.82) is 0 Å². The second kappa shape index (κ2) is 10.2. The molecule has 3 aromatic heterocycles. The molecule has 4 rings (SSSR count). The van der Waals surface area contributed by atoms with Crippen LogP contribution in [0.25, 0.3) is 22.1 Å². The van der Waals surface area contributed by atoms with Gasteiger partial charge in [-0.1, -0.05) is 43.7 Å². The van der Waals surface area contributed by atoms with Crippen molar-refractivity contribution in [2.24, 2.45) is 0 Å². The number of rotatable bonds is 10. The number of imidazole rings is 1. The molecule has 7 heteroatoms. The van der Waals surface area contributed by atoms with Crippen LogP contribution in [0.3, 0.4) is 0 Å². The highest BCUT2D eigenvalue weighted by atomic mass is 16.1. The summed E-state index contributed by atoms with van der Waals surface area (Å²) in [5, 5.41) is 3.03. The molecule has 0 aliphatic rings. The van der Waals surface area contributed by atoms with Crippen LogP contribution < -0.4 is 11.1 Å². The van der Waals surface area contributed by atoms with Gasteiger partial charge in [-0.25, -0.2) is 9.97 Å². The number of hydrogen-bond donors (Lipinski definition) is 2. The molecule has 3 N–H and O–H groups in total. The molecule has 0 atom stereocenters. The fourth-order valence-corrected chi connectivity index (χ4v) is 4.00. The highest BCUT2D eigenvalue weighted by molar-refractivity contribution is 6.04. The van der Waals surface area contributed by atoms with Crippen molar-refractivity contribution in [3.63, 3.8) is 0 Å². The minimum Gasteiger partial charge on any atom is -0.382 e. The average molecular weight is 431 g/mol. The van der Waals surface area contributed by atoms with Gasteiger partial charge in [0.15, 0.2) is 5.82 Å².